The number of hydrogen-bond donors (Lipinski definition) is 1. The Balaban J connectivity index is 0.00000387. The van der Waals surface area contributed by atoms with Crippen LogP contribution in [0.4, 0.5) is 23.2 Å². The molecule has 1 fully saturated rings. The molecular weight excluding hydrogens is 583 g/mol. The second-order valence-corrected chi connectivity index (χ2v) is 10.1. The monoisotopic (exact) mass is 610 g/mol. The molecule has 1 aliphatic heterocycles. The number of benzene rings is 2. The average molecular weight is 611 g/mol. The number of amides is 1. The summed E-state index contributed by atoms with van der Waals surface area (Å²) in [5.74, 6) is -0.721. The van der Waals surface area contributed by atoms with Crippen molar-refractivity contribution in [3.05, 3.63) is 94.1 Å². The van der Waals surface area contributed by atoms with E-state index in [-0.39, 0.29) is 36.5 Å². The SMILES string of the molecule is CCc1nc2cc(F)ccn2c1C(=O)NCc1ccc(N2CCC(c3ccc(OC(F)(F)F)cc3)CC2)c(Cl)c1.Cl. The molecule has 0 bridgehead atoms. The van der Waals surface area contributed by atoms with Gasteiger partial charge in [-0.25, -0.2) is 9.37 Å². The zero-order valence-corrected chi connectivity index (χ0v) is 23.6. The van der Waals surface area contributed by atoms with Crippen molar-refractivity contribution in [3.8, 4) is 5.75 Å². The zero-order valence-electron chi connectivity index (χ0n) is 22.0. The van der Waals surface area contributed by atoms with Gasteiger partial charge in [0.15, 0.2) is 0 Å². The molecule has 6 nitrogen and oxygen atoms in total. The summed E-state index contributed by atoms with van der Waals surface area (Å²) in [5.41, 5.74) is 4.05. The highest BCUT2D eigenvalue weighted by Gasteiger charge is 2.31. The third-order valence-corrected chi connectivity index (χ3v) is 7.40. The summed E-state index contributed by atoms with van der Waals surface area (Å²) in [5, 5.41) is 3.48. The number of pyridine rings is 1. The number of alkyl halides is 3. The van der Waals surface area contributed by atoms with Gasteiger partial charge in [-0.1, -0.05) is 36.7 Å². The molecule has 218 valence electrons. The summed E-state index contributed by atoms with van der Waals surface area (Å²) in [6.45, 7) is 3.64. The van der Waals surface area contributed by atoms with Crippen LogP contribution in [0.15, 0.2) is 60.8 Å². The largest absolute Gasteiger partial charge is 0.573 e. The Morgan fingerprint density at radius 3 is 2.44 bits per heavy atom. The summed E-state index contributed by atoms with van der Waals surface area (Å²) < 4.78 is 56.4. The van der Waals surface area contributed by atoms with E-state index in [0.717, 1.165) is 42.7 Å². The molecule has 0 spiro atoms. The van der Waals surface area contributed by atoms with Crippen molar-refractivity contribution >= 4 is 41.2 Å². The molecule has 0 atom stereocenters. The quantitative estimate of drug-likeness (QED) is 0.223. The molecule has 0 saturated carbocycles. The Hall–Kier alpha value is -3.50. The fourth-order valence-corrected chi connectivity index (χ4v) is 5.46. The van der Waals surface area contributed by atoms with E-state index in [1.54, 1.807) is 16.5 Å². The first-order valence-electron chi connectivity index (χ1n) is 12.9. The second-order valence-electron chi connectivity index (χ2n) is 9.68. The van der Waals surface area contributed by atoms with Crippen LogP contribution in [-0.2, 0) is 13.0 Å². The van der Waals surface area contributed by atoms with Gasteiger partial charge in [-0.3, -0.25) is 9.20 Å². The predicted molar refractivity (Wildman–Crippen MR) is 152 cm³/mol. The van der Waals surface area contributed by atoms with E-state index in [1.807, 2.05) is 25.1 Å². The Labute approximate surface area is 245 Å². The number of anilines is 1. The molecule has 4 aromatic rings. The maximum atomic E-state index is 13.6. The van der Waals surface area contributed by atoms with Crippen LogP contribution in [0.25, 0.3) is 5.65 Å². The van der Waals surface area contributed by atoms with Crippen LogP contribution < -0.4 is 15.0 Å². The summed E-state index contributed by atoms with van der Waals surface area (Å²) in [4.78, 5) is 19.6. The van der Waals surface area contributed by atoms with Gasteiger partial charge in [-0.2, -0.15) is 0 Å². The number of carbonyl (C=O) groups is 1. The number of ether oxygens (including phenoxy) is 1. The highest BCUT2D eigenvalue weighted by molar-refractivity contribution is 6.33. The van der Waals surface area contributed by atoms with E-state index in [2.05, 4.69) is 19.9 Å². The van der Waals surface area contributed by atoms with Crippen molar-refractivity contribution in [1.82, 2.24) is 14.7 Å². The lowest BCUT2D eigenvalue weighted by molar-refractivity contribution is -0.274. The lowest BCUT2D eigenvalue weighted by Gasteiger charge is -2.34. The summed E-state index contributed by atoms with van der Waals surface area (Å²) in [6, 6.07) is 14.3. The van der Waals surface area contributed by atoms with Gasteiger partial charge in [0.1, 0.15) is 22.9 Å². The number of carbonyl (C=O) groups excluding carboxylic acids is 1. The molecule has 1 N–H and O–H groups in total. The Bertz CT molecular complexity index is 1520. The number of hydrogen-bond acceptors (Lipinski definition) is 4. The van der Waals surface area contributed by atoms with Crippen molar-refractivity contribution in [2.24, 2.45) is 0 Å². The van der Waals surface area contributed by atoms with Gasteiger partial charge in [0, 0.05) is 31.9 Å². The lowest BCUT2D eigenvalue weighted by Crippen LogP contribution is -2.33. The topological polar surface area (TPSA) is 58.9 Å². The van der Waals surface area contributed by atoms with E-state index >= 15 is 0 Å². The molecule has 2 aromatic heterocycles. The molecule has 2 aromatic carbocycles. The van der Waals surface area contributed by atoms with E-state index < -0.39 is 12.2 Å². The van der Waals surface area contributed by atoms with Gasteiger partial charge < -0.3 is 15.0 Å². The summed E-state index contributed by atoms with van der Waals surface area (Å²) >= 11 is 6.63. The van der Waals surface area contributed by atoms with Gasteiger partial charge in [0.25, 0.3) is 5.91 Å². The molecule has 5 rings (SSSR count). The van der Waals surface area contributed by atoms with Gasteiger partial charge >= 0.3 is 6.36 Å². The molecule has 1 saturated heterocycles. The van der Waals surface area contributed by atoms with Crippen molar-refractivity contribution in [3.63, 3.8) is 0 Å². The first kappa shape index (κ1) is 30.5. The lowest BCUT2D eigenvalue weighted by atomic mass is 9.89. The molecule has 12 heteroatoms. The van der Waals surface area contributed by atoms with E-state index in [1.165, 1.54) is 30.5 Å². The zero-order chi connectivity index (χ0) is 28.4. The number of halogens is 6. The molecule has 3 heterocycles. The van der Waals surface area contributed by atoms with Crippen LogP contribution in [-0.4, -0.2) is 34.7 Å². The minimum absolute atomic E-state index is 0. The van der Waals surface area contributed by atoms with E-state index in [4.69, 9.17) is 11.6 Å². The van der Waals surface area contributed by atoms with Crippen LogP contribution in [0, 0.1) is 5.82 Å². The first-order chi connectivity index (χ1) is 19.1. The number of aryl methyl sites for hydroxylation is 1. The Kier molecular flexibility index (Phi) is 9.34. The molecule has 0 unspecified atom stereocenters. The first-order valence-corrected chi connectivity index (χ1v) is 13.3. The van der Waals surface area contributed by atoms with Gasteiger partial charge in [0.05, 0.1) is 16.4 Å². The minimum Gasteiger partial charge on any atom is -0.406 e. The molecule has 0 aliphatic carbocycles. The maximum Gasteiger partial charge on any atom is 0.573 e. The standard InChI is InChI=1S/C29H27ClF4N4O2.ClH/c1-2-24-27(38-14-11-21(31)16-26(38)36-24)28(39)35-17-18-3-8-25(23(30)15-18)37-12-9-20(10-13-37)19-4-6-22(7-5-19)40-29(32,33)34;/h3-8,11,14-16,20H,2,9-10,12-13,17H2,1H3,(H,35,39);1H. The van der Waals surface area contributed by atoms with Crippen LogP contribution in [0.5, 0.6) is 5.75 Å². The number of fused-ring (bicyclic) bond motifs is 1. The number of nitrogens with one attached hydrogen (secondary N) is 1. The van der Waals surface area contributed by atoms with Crippen LogP contribution >= 0.6 is 24.0 Å². The van der Waals surface area contributed by atoms with Crippen LogP contribution in [0.2, 0.25) is 5.02 Å². The number of nitrogens with zero attached hydrogens (tertiary/aromatic N) is 3. The third kappa shape index (κ3) is 7.05. The van der Waals surface area contributed by atoms with Gasteiger partial charge in [-0.05, 0) is 66.6 Å². The minimum atomic E-state index is -4.71. The molecule has 41 heavy (non-hydrogen) atoms. The number of aromatic nitrogens is 2. The van der Waals surface area contributed by atoms with Gasteiger partial charge in [-0.15, -0.1) is 25.6 Å². The fraction of sp³-hybridized carbons (Fsp3) is 0.310. The van der Waals surface area contributed by atoms with E-state index in [0.29, 0.717) is 28.5 Å². The third-order valence-electron chi connectivity index (χ3n) is 7.10. The fourth-order valence-electron chi connectivity index (χ4n) is 5.13. The number of rotatable bonds is 7. The summed E-state index contributed by atoms with van der Waals surface area (Å²) in [6.07, 6.45) is -1.02. The van der Waals surface area contributed by atoms with Crippen LogP contribution in [0.3, 0.4) is 0 Å². The molecular formula is C29H28Cl2F4N4O2. The number of piperidine rings is 1. The normalized spacial score (nSPS) is 14.1. The molecule has 0 radical (unpaired) electrons. The maximum absolute atomic E-state index is 13.6. The average Bonchev–Trinajstić information content (AvgIpc) is 3.29. The summed E-state index contributed by atoms with van der Waals surface area (Å²) in [7, 11) is 0. The van der Waals surface area contributed by atoms with Crippen molar-refractivity contribution < 1.29 is 27.1 Å². The number of imidazole rings is 1. The predicted octanol–water partition coefficient (Wildman–Crippen LogP) is 7.32. The molecule has 1 amide bonds. The van der Waals surface area contributed by atoms with Crippen molar-refractivity contribution in [2.75, 3.05) is 18.0 Å². The van der Waals surface area contributed by atoms with Crippen LogP contribution in [0.1, 0.15) is 53.0 Å². The smallest absolute Gasteiger partial charge is 0.406 e. The highest BCUT2D eigenvalue weighted by atomic mass is 35.5. The highest BCUT2D eigenvalue weighted by Crippen LogP contribution is 2.35. The van der Waals surface area contributed by atoms with Gasteiger partial charge in [0.2, 0.25) is 0 Å². The van der Waals surface area contributed by atoms with Crippen molar-refractivity contribution in [1.29, 1.82) is 0 Å². The van der Waals surface area contributed by atoms with E-state index in [9.17, 15) is 22.4 Å². The molecule has 1 aliphatic rings. The second kappa shape index (κ2) is 12.6. The Morgan fingerprint density at radius 2 is 1.80 bits per heavy atom. The Morgan fingerprint density at radius 1 is 1.10 bits per heavy atom. The van der Waals surface area contributed by atoms with Crippen molar-refractivity contribution in [2.45, 2.75) is 45.0 Å².